The molecule has 0 aliphatic rings. The number of esters is 2. The van der Waals surface area contributed by atoms with Gasteiger partial charge in [-0.3, -0.25) is 0 Å². The minimum absolute atomic E-state index is 0.237. The second-order valence-corrected chi connectivity index (χ2v) is 38.8. The van der Waals surface area contributed by atoms with Crippen LogP contribution < -0.4 is 0 Å². The van der Waals surface area contributed by atoms with E-state index in [1.807, 2.05) is 13.8 Å². The maximum absolute atomic E-state index is 11.6. The van der Waals surface area contributed by atoms with Crippen LogP contribution in [0.1, 0.15) is 39.5 Å². The van der Waals surface area contributed by atoms with Crippen molar-refractivity contribution in [2.75, 3.05) is 13.2 Å². The zero-order chi connectivity index (χ0) is 14.7. The first kappa shape index (κ1) is 19.7. The number of ether oxygens (including phenoxy) is 2. The molecule has 19 heavy (non-hydrogen) atoms. The van der Waals surface area contributed by atoms with Crippen LogP contribution in [0.2, 0.25) is 8.87 Å². The van der Waals surface area contributed by atoms with Gasteiger partial charge in [0.05, 0.1) is 0 Å². The molecule has 0 atom stereocenters. The Morgan fingerprint density at radius 3 is 1.58 bits per heavy atom. The molecule has 0 saturated carbocycles. The van der Waals surface area contributed by atoms with Crippen molar-refractivity contribution in [2.45, 2.75) is 48.4 Å². The summed E-state index contributed by atoms with van der Waals surface area (Å²) in [7, 11) is 0. The van der Waals surface area contributed by atoms with Crippen molar-refractivity contribution in [3.05, 3.63) is 0 Å². The van der Waals surface area contributed by atoms with Gasteiger partial charge in [0, 0.05) is 0 Å². The minimum atomic E-state index is -3.04. The fourth-order valence-electron chi connectivity index (χ4n) is 1.25. The Kier molecular flexibility index (Phi) is 11.8. The van der Waals surface area contributed by atoms with Crippen molar-refractivity contribution in [3.63, 3.8) is 0 Å². The molecular formula is C12H22Br2O4Sn. The van der Waals surface area contributed by atoms with Crippen LogP contribution in [-0.4, -0.2) is 39.1 Å². The predicted molar refractivity (Wildman–Crippen MR) is 85.0 cm³/mol. The second kappa shape index (κ2) is 11.4. The summed E-state index contributed by atoms with van der Waals surface area (Å²) in [5.41, 5.74) is 0. The van der Waals surface area contributed by atoms with Crippen LogP contribution in [0.3, 0.4) is 0 Å². The van der Waals surface area contributed by atoms with E-state index >= 15 is 0 Å². The summed E-state index contributed by atoms with van der Waals surface area (Å²) in [6.07, 6.45) is 3.73. The van der Waals surface area contributed by atoms with Crippen molar-refractivity contribution < 1.29 is 19.1 Å². The van der Waals surface area contributed by atoms with Gasteiger partial charge in [0.2, 0.25) is 0 Å². The first-order valence-corrected chi connectivity index (χ1v) is 23.4. The normalized spacial score (nSPS) is 11.2. The van der Waals surface area contributed by atoms with E-state index in [1.54, 1.807) is 0 Å². The van der Waals surface area contributed by atoms with E-state index in [0.29, 0.717) is 22.1 Å². The van der Waals surface area contributed by atoms with Gasteiger partial charge in [0.25, 0.3) is 0 Å². The molecule has 7 heteroatoms. The zero-order valence-electron chi connectivity index (χ0n) is 11.5. The summed E-state index contributed by atoms with van der Waals surface area (Å²) in [6, 6.07) is 0. The van der Waals surface area contributed by atoms with Crippen LogP contribution in [0.25, 0.3) is 0 Å². The molecule has 0 fully saturated rings. The van der Waals surface area contributed by atoms with Crippen molar-refractivity contribution in [3.8, 4) is 0 Å². The van der Waals surface area contributed by atoms with Gasteiger partial charge in [-0.1, -0.05) is 0 Å². The molecule has 0 unspecified atom stereocenters. The molecule has 0 amide bonds. The Balaban J connectivity index is 3.95. The van der Waals surface area contributed by atoms with Gasteiger partial charge in [-0.15, -0.1) is 0 Å². The molecule has 112 valence electrons. The van der Waals surface area contributed by atoms with Crippen molar-refractivity contribution >= 4 is 51.3 Å². The van der Waals surface area contributed by atoms with E-state index in [1.165, 1.54) is 0 Å². The average Bonchev–Trinajstić information content (AvgIpc) is 2.28. The monoisotopic (exact) mass is 508 g/mol. The average molecular weight is 509 g/mol. The summed E-state index contributed by atoms with van der Waals surface area (Å²) in [6.45, 7) is 4.99. The number of hydrogen-bond donors (Lipinski definition) is 0. The van der Waals surface area contributed by atoms with E-state index in [0.717, 1.165) is 25.7 Å². The van der Waals surface area contributed by atoms with Gasteiger partial charge in [-0.25, -0.2) is 0 Å². The fraction of sp³-hybridized carbons (Fsp3) is 0.833. The Morgan fingerprint density at radius 2 is 1.26 bits per heavy atom. The van der Waals surface area contributed by atoms with Crippen molar-refractivity contribution in [1.82, 2.24) is 0 Å². The van der Waals surface area contributed by atoms with E-state index in [2.05, 4.69) is 25.4 Å². The maximum atomic E-state index is 11.6. The molecule has 0 rings (SSSR count). The number of rotatable bonds is 10. The third kappa shape index (κ3) is 12.2. The number of halogens is 2. The Bertz CT molecular complexity index is 259. The predicted octanol–water partition coefficient (Wildman–Crippen LogP) is 3.91. The summed E-state index contributed by atoms with van der Waals surface area (Å²) in [4.78, 5) is 23.2. The van der Waals surface area contributed by atoms with Crippen LogP contribution >= 0.6 is 25.4 Å². The van der Waals surface area contributed by atoms with Crippen molar-refractivity contribution in [2.24, 2.45) is 0 Å². The number of hydrogen-bond acceptors (Lipinski definition) is 4. The molecule has 0 N–H and O–H groups in total. The Labute approximate surface area is 131 Å². The first-order chi connectivity index (χ1) is 8.91. The zero-order valence-corrected chi connectivity index (χ0v) is 17.6. The molecule has 0 aliphatic heterocycles. The van der Waals surface area contributed by atoms with E-state index < -0.39 is 13.9 Å². The third-order valence-electron chi connectivity index (χ3n) is 2.33. The summed E-state index contributed by atoms with van der Waals surface area (Å²) < 4.78 is 10.8. The summed E-state index contributed by atoms with van der Waals surface area (Å²) in [5, 5.41) is 0. The third-order valence-corrected chi connectivity index (χ3v) is 14.5. The molecule has 0 aliphatic carbocycles. The van der Waals surface area contributed by atoms with Gasteiger partial charge >= 0.3 is 132 Å². The molecule has 0 aromatic rings. The second-order valence-electron chi connectivity index (χ2n) is 4.36. The molecule has 0 aromatic heterocycles. The molecule has 0 spiro atoms. The van der Waals surface area contributed by atoms with Crippen molar-refractivity contribution in [1.29, 1.82) is 0 Å². The standard InChI is InChI=1S/2C6H11O2.2BrH.Sn/c2*1-3-4-5-8-6(2)7;;;/h2*2-5H2,1H3;2*1H;/q;;;;+2/p-2. The van der Waals surface area contributed by atoms with Crippen LogP contribution in [0.4, 0.5) is 0 Å². The van der Waals surface area contributed by atoms with Crippen LogP contribution in [-0.2, 0) is 19.1 Å². The molecule has 4 nitrogen and oxygen atoms in total. The molecular weight excluding hydrogens is 487 g/mol. The topological polar surface area (TPSA) is 52.6 Å². The van der Waals surface area contributed by atoms with Gasteiger partial charge in [-0.05, 0) is 0 Å². The van der Waals surface area contributed by atoms with Crippen LogP contribution in [0, 0.1) is 0 Å². The van der Waals surface area contributed by atoms with Gasteiger partial charge in [0.1, 0.15) is 0 Å². The molecule has 0 radical (unpaired) electrons. The SMILES string of the molecule is CCCCOC(=O)[CH2][Sn]([Br])([Br])[CH2]C(=O)OCCCC. The fourth-order valence-corrected chi connectivity index (χ4v) is 10.7. The summed E-state index contributed by atoms with van der Waals surface area (Å²) in [5.74, 6) is -0.473. The Morgan fingerprint density at radius 1 is 0.895 bits per heavy atom. The summed E-state index contributed by atoms with van der Waals surface area (Å²) >= 11 is 4.02. The quantitative estimate of drug-likeness (QED) is 0.255. The van der Waals surface area contributed by atoms with Gasteiger partial charge < -0.3 is 0 Å². The van der Waals surface area contributed by atoms with Crippen LogP contribution in [0.5, 0.6) is 0 Å². The van der Waals surface area contributed by atoms with E-state index in [4.69, 9.17) is 9.47 Å². The van der Waals surface area contributed by atoms with Gasteiger partial charge in [-0.2, -0.15) is 0 Å². The number of unbranched alkanes of at least 4 members (excludes halogenated alkanes) is 2. The molecule has 0 aromatic carbocycles. The molecule has 0 bridgehead atoms. The van der Waals surface area contributed by atoms with Gasteiger partial charge in [0.15, 0.2) is 0 Å². The Hall–Kier alpha value is 0.699. The first-order valence-electron chi connectivity index (χ1n) is 6.60. The van der Waals surface area contributed by atoms with E-state index in [-0.39, 0.29) is 11.9 Å². The van der Waals surface area contributed by atoms with E-state index in [9.17, 15) is 9.59 Å². The number of carbonyl (C=O) groups excluding carboxylic acids is 2. The molecule has 0 saturated heterocycles. The van der Waals surface area contributed by atoms with Crippen LogP contribution in [0.15, 0.2) is 0 Å². The number of carbonyl (C=O) groups is 2. The molecule has 0 heterocycles.